The SMILES string of the molecule is COc1ccc(-c2ccc(C=C3C(=O)N(c4ccccc4)C(=S)N(c4ccccc4)C3=O)o2)cc1Cl.Cc1ccc([N+](=O)[O-])cc1-c1ccc(C=C2C(=O)N(c3ccccc3)C(=S)N(c3ccccc3)C2=O)o1.Cc1cccc([N+](=O)[O-])c1-c1ccc(C=C2C(=O)N(c3ccccc3)C(=S)N(c3ccccc3)C2=O)o1.O=C(O)c1cccc(-c2ccc(C=C3C(=O)N(c4ccccc4)C(=S)N(c4ccccc4)C3=O)o2)c1. The number of halogens is 1. The molecule has 0 bridgehead atoms. The largest absolute Gasteiger partial charge is 0.495 e. The molecule has 1 N–H and O–H groups in total. The van der Waals surface area contributed by atoms with Crippen LogP contribution in [0.2, 0.25) is 5.02 Å². The molecular weight excluding hydrogens is 1950 g/mol. The Morgan fingerprint density at radius 2 is 0.610 bits per heavy atom. The van der Waals surface area contributed by atoms with Gasteiger partial charge in [-0.3, -0.25) is 97.8 Å². The number of methoxy groups -OCH3 is 1. The fourth-order valence-corrected chi connectivity index (χ4v) is 17.7. The van der Waals surface area contributed by atoms with Gasteiger partial charge in [0.25, 0.3) is 58.6 Å². The molecular formula is C112H75ClN10O19S4. The van der Waals surface area contributed by atoms with Crippen molar-refractivity contribution >= 4 is 215 Å². The first-order chi connectivity index (χ1) is 70.6. The number of nitro benzene ring substituents is 2. The summed E-state index contributed by atoms with van der Waals surface area (Å²) in [6.45, 7) is 3.55. The number of aromatic carboxylic acids is 1. The second kappa shape index (κ2) is 43.5. The Morgan fingerprint density at radius 1 is 0.322 bits per heavy atom. The third kappa shape index (κ3) is 20.7. The van der Waals surface area contributed by atoms with Crippen LogP contribution in [0.15, 0.2) is 410 Å². The third-order valence-electron chi connectivity index (χ3n) is 23.0. The molecule has 34 heteroatoms. The molecule has 4 aromatic heterocycles. The van der Waals surface area contributed by atoms with Crippen LogP contribution >= 0.6 is 60.5 Å². The highest BCUT2D eigenvalue weighted by atomic mass is 35.5. The van der Waals surface area contributed by atoms with Crippen LogP contribution in [0.25, 0.3) is 69.6 Å². The van der Waals surface area contributed by atoms with Gasteiger partial charge >= 0.3 is 5.97 Å². The number of anilines is 8. The molecule has 0 aliphatic carbocycles. The van der Waals surface area contributed by atoms with E-state index < -0.39 is 63.1 Å². The first-order valence-corrected chi connectivity index (χ1v) is 46.4. The molecule has 718 valence electrons. The first kappa shape index (κ1) is 98.8. The van der Waals surface area contributed by atoms with E-state index >= 15 is 0 Å². The van der Waals surface area contributed by atoms with Crippen LogP contribution in [0.5, 0.6) is 5.75 Å². The molecule has 8 heterocycles. The minimum absolute atomic E-state index is 0.0280. The topological polar surface area (TPSA) is 348 Å². The maximum atomic E-state index is 13.6. The summed E-state index contributed by atoms with van der Waals surface area (Å²) < 4.78 is 28.8. The van der Waals surface area contributed by atoms with Crippen LogP contribution < -0.4 is 43.9 Å². The van der Waals surface area contributed by atoms with Gasteiger partial charge in [0.05, 0.1) is 78.6 Å². The van der Waals surface area contributed by atoms with Gasteiger partial charge in [-0.1, -0.05) is 188 Å². The lowest BCUT2D eigenvalue weighted by atomic mass is 10.0. The van der Waals surface area contributed by atoms with Gasteiger partial charge in [-0.15, -0.1) is 0 Å². The van der Waals surface area contributed by atoms with Crippen molar-refractivity contribution in [3.8, 4) is 51.0 Å². The Balaban J connectivity index is 0.000000133. The number of amides is 8. The van der Waals surface area contributed by atoms with Crippen LogP contribution in [0.3, 0.4) is 0 Å². The quantitative estimate of drug-likeness (QED) is 0.0243. The Labute approximate surface area is 858 Å². The number of para-hydroxylation sites is 8. The van der Waals surface area contributed by atoms with E-state index in [-0.39, 0.29) is 82.7 Å². The van der Waals surface area contributed by atoms with Gasteiger partial charge in [0, 0.05) is 34.9 Å². The van der Waals surface area contributed by atoms with Crippen LogP contribution in [0, 0.1) is 34.1 Å². The zero-order valence-corrected chi connectivity index (χ0v) is 80.8. The summed E-state index contributed by atoms with van der Waals surface area (Å²) >= 11 is 28.7. The summed E-state index contributed by atoms with van der Waals surface area (Å²) in [5.41, 5.74) is 7.23. The second-order valence-electron chi connectivity index (χ2n) is 32.2. The van der Waals surface area contributed by atoms with E-state index in [0.29, 0.717) is 102 Å². The molecule has 0 unspecified atom stereocenters. The minimum atomic E-state index is -1.05. The number of ether oxygens (including phenoxy) is 1. The summed E-state index contributed by atoms with van der Waals surface area (Å²) in [6.07, 6.45) is 5.52. The highest BCUT2D eigenvalue weighted by Gasteiger charge is 2.46. The molecule has 146 heavy (non-hydrogen) atoms. The number of benzene rings is 12. The predicted molar refractivity (Wildman–Crippen MR) is 572 cm³/mol. The zero-order chi connectivity index (χ0) is 103. The average Bonchev–Trinajstić information content (AvgIpc) is 1.01. The number of aryl methyl sites for hydroxylation is 2. The summed E-state index contributed by atoms with van der Waals surface area (Å²) in [6, 6.07) is 105. The van der Waals surface area contributed by atoms with Crippen LogP contribution in [0.1, 0.15) is 44.5 Å². The summed E-state index contributed by atoms with van der Waals surface area (Å²) in [5, 5.41) is 32.7. The molecule has 0 radical (unpaired) electrons. The Kier molecular flexibility index (Phi) is 29.4. The van der Waals surface area contributed by atoms with Gasteiger partial charge < -0.3 is 27.5 Å². The van der Waals surface area contributed by atoms with E-state index in [1.807, 2.05) is 61.5 Å². The molecule has 8 amide bonds. The molecule has 4 aliphatic heterocycles. The molecule has 4 fully saturated rings. The van der Waals surface area contributed by atoms with Gasteiger partial charge in [-0.2, -0.15) is 0 Å². The van der Waals surface area contributed by atoms with Crippen molar-refractivity contribution in [3.05, 3.63) is 457 Å². The van der Waals surface area contributed by atoms with Gasteiger partial charge in [0.2, 0.25) is 0 Å². The third-order valence-corrected chi connectivity index (χ3v) is 24.7. The molecule has 4 aliphatic rings. The van der Waals surface area contributed by atoms with E-state index in [4.69, 9.17) is 82.9 Å². The number of hydrogen-bond acceptors (Lipinski definition) is 22. The lowest BCUT2D eigenvalue weighted by Gasteiger charge is -2.36. The van der Waals surface area contributed by atoms with E-state index in [2.05, 4.69) is 0 Å². The normalized spacial score (nSPS) is 13.8. The number of nitro groups is 2. The Bertz CT molecular complexity index is 7810. The van der Waals surface area contributed by atoms with Crippen molar-refractivity contribution < 1.29 is 80.5 Å². The van der Waals surface area contributed by atoms with Gasteiger partial charge in [-0.25, -0.2) is 4.79 Å². The summed E-state index contributed by atoms with van der Waals surface area (Å²) in [4.78, 5) is 152. The number of carbonyl (C=O) groups is 9. The number of nitrogens with zero attached hydrogens (tertiary/aromatic N) is 10. The first-order valence-electron chi connectivity index (χ1n) is 44.4. The monoisotopic (exact) mass is 2030 g/mol. The summed E-state index contributed by atoms with van der Waals surface area (Å²) in [5.74, 6) is -2.52. The fourth-order valence-electron chi connectivity index (χ4n) is 16.0. The smallest absolute Gasteiger partial charge is 0.335 e. The van der Waals surface area contributed by atoms with Crippen molar-refractivity contribution in [1.29, 1.82) is 0 Å². The maximum absolute atomic E-state index is 13.6. The second-order valence-corrected chi connectivity index (χ2v) is 34.1. The molecule has 12 aromatic carbocycles. The van der Waals surface area contributed by atoms with E-state index in [9.17, 15) is 68.5 Å². The molecule has 0 atom stereocenters. The molecule has 4 saturated heterocycles. The zero-order valence-electron chi connectivity index (χ0n) is 76.8. The Hall–Kier alpha value is -18.8. The molecule has 16 aromatic rings. The van der Waals surface area contributed by atoms with E-state index in [1.54, 1.807) is 299 Å². The van der Waals surface area contributed by atoms with Crippen LogP contribution in [0.4, 0.5) is 56.9 Å². The number of hydrogen-bond donors (Lipinski definition) is 1. The molecule has 20 rings (SSSR count). The number of non-ortho nitro benzene ring substituents is 1. The number of rotatable bonds is 20. The van der Waals surface area contributed by atoms with Crippen molar-refractivity contribution in [1.82, 2.24) is 0 Å². The van der Waals surface area contributed by atoms with Gasteiger partial charge in [0.15, 0.2) is 20.4 Å². The van der Waals surface area contributed by atoms with Crippen LogP contribution in [-0.4, -0.2) is 95.7 Å². The van der Waals surface area contributed by atoms with Crippen LogP contribution in [-0.2, 0) is 38.4 Å². The number of thiocarbonyl (C=S) groups is 4. The minimum Gasteiger partial charge on any atom is -0.495 e. The number of carboxylic acids is 1. The van der Waals surface area contributed by atoms with Crippen molar-refractivity contribution in [2.24, 2.45) is 0 Å². The maximum Gasteiger partial charge on any atom is 0.335 e. The highest BCUT2D eigenvalue weighted by Crippen LogP contribution is 2.42. The average molecular weight is 2030 g/mol. The molecule has 29 nitrogen and oxygen atoms in total. The van der Waals surface area contributed by atoms with Gasteiger partial charge in [-0.05, 0) is 274 Å². The molecule has 0 saturated carbocycles. The standard InChI is InChI=1S/C28H19ClN2O4S.2C28H19N3O5S.C28H18N2O5S/c1-34-25-14-12-18(16-23(25)29)24-15-13-21(35-24)17-22-26(32)30(19-8-4-2-5-9-19)28(36)31(27(22)33)20-10-6-3-7-11-20;1-18-9-8-14-23(31(34)35)25(18)24-16-15-21(36-24)17-22-26(32)29(19-10-4-2-5-11-19)28(37)30(27(22)33)20-12-6-3-7-13-20;1-18-12-13-21(31(34)35)16-23(18)25-15-14-22(36-25)17-24-26(32)29(19-8-4-2-5-9-19)28(37)30(27(24)33)20-10-6-3-7-11-20;31-25-23(17-22-14-15-24(35-22)18-8-7-9-19(16-18)27(33)34)26(32)30(21-12-5-2-6-13-21)28(36)29(25)20-10-3-1-4-11-20/h2-17H,1H3;2*2-17H,1H3;1-17H,(H,33,34). The fraction of sp³-hybridized carbons (Fsp3) is 0.0268. The lowest BCUT2D eigenvalue weighted by molar-refractivity contribution is -0.384. The number of carbonyl (C=O) groups excluding carboxylic acids is 8. The van der Waals surface area contributed by atoms with E-state index in [0.717, 1.165) is 11.1 Å². The predicted octanol–water partition coefficient (Wildman–Crippen LogP) is 23.6. The summed E-state index contributed by atoms with van der Waals surface area (Å²) in [7, 11) is 1.54. The highest BCUT2D eigenvalue weighted by molar-refractivity contribution is 7.81. The van der Waals surface area contributed by atoms with Gasteiger partial charge in [0.1, 0.15) is 74.1 Å². The lowest BCUT2D eigenvalue weighted by Crippen LogP contribution is -2.56. The number of furan rings is 4. The van der Waals surface area contributed by atoms with E-state index in [1.165, 1.54) is 93.8 Å². The van der Waals surface area contributed by atoms with Crippen molar-refractivity contribution in [3.63, 3.8) is 0 Å². The van der Waals surface area contributed by atoms with Crippen molar-refractivity contribution in [2.75, 3.05) is 46.3 Å². The molecule has 0 spiro atoms. The Morgan fingerprint density at radius 3 is 0.904 bits per heavy atom. The van der Waals surface area contributed by atoms with Crippen molar-refractivity contribution in [2.45, 2.75) is 13.8 Å². The number of carboxylic acid groups (broad SMARTS) is 1.